The fourth-order valence-electron chi connectivity index (χ4n) is 2.85. The summed E-state index contributed by atoms with van der Waals surface area (Å²) in [6.07, 6.45) is 1.71. The molecule has 0 spiro atoms. The monoisotopic (exact) mass is 327 g/mol. The van der Waals surface area contributed by atoms with Gasteiger partial charge < -0.3 is 4.90 Å². The van der Waals surface area contributed by atoms with E-state index in [1.165, 1.54) is 5.56 Å². The highest BCUT2D eigenvalue weighted by atomic mass is 35.5. The molecule has 2 rings (SSSR count). The van der Waals surface area contributed by atoms with E-state index in [0.717, 1.165) is 30.6 Å². The van der Waals surface area contributed by atoms with Crippen molar-refractivity contribution in [3.63, 3.8) is 0 Å². The lowest BCUT2D eigenvalue weighted by atomic mass is 9.76. The molecule has 1 amide bonds. The molecule has 1 aliphatic heterocycles. The summed E-state index contributed by atoms with van der Waals surface area (Å²) in [7, 11) is 0. The second kappa shape index (κ2) is 6.18. The Balaban J connectivity index is 2.55. The number of alkyl halides is 1. The van der Waals surface area contributed by atoms with E-state index >= 15 is 0 Å². The number of rotatable bonds is 3. The highest BCUT2D eigenvalue weighted by Crippen LogP contribution is 2.42. The van der Waals surface area contributed by atoms with Gasteiger partial charge in [0.15, 0.2) is 0 Å². The van der Waals surface area contributed by atoms with Gasteiger partial charge >= 0.3 is 0 Å². The standard InChI is InChI=1S/C17H23Cl2NO/c1-11(2)16(21)20-8-6-17(3,4)13-9-12(5-7-18)14(19)10-15(13)20/h9-11H,5-8H2,1-4H3. The van der Waals surface area contributed by atoms with Gasteiger partial charge in [-0.1, -0.05) is 45.4 Å². The van der Waals surface area contributed by atoms with Crippen molar-refractivity contribution in [3.8, 4) is 0 Å². The number of nitrogens with zero attached hydrogens (tertiary/aromatic N) is 1. The lowest BCUT2D eigenvalue weighted by Crippen LogP contribution is -2.43. The van der Waals surface area contributed by atoms with Crippen LogP contribution in [0.4, 0.5) is 5.69 Å². The van der Waals surface area contributed by atoms with Crippen molar-refractivity contribution in [1.29, 1.82) is 0 Å². The van der Waals surface area contributed by atoms with Gasteiger partial charge in [-0.2, -0.15) is 0 Å². The van der Waals surface area contributed by atoms with Crippen LogP contribution in [-0.4, -0.2) is 18.3 Å². The zero-order chi connectivity index (χ0) is 15.8. The van der Waals surface area contributed by atoms with Crippen molar-refractivity contribution in [2.75, 3.05) is 17.3 Å². The fraction of sp³-hybridized carbons (Fsp3) is 0.588. The van der Waals surface area contributed by atoms with Gasteiger partial charge in [0.05, 0.1) is 0 Å². The van der Waals surface area contributed by atoms with Gasteiger partial charge in [-0.25, -0.2) is 0 Å². The van der Waals surface area contributed by atoms with Gasteiger partial charge in [-0.3, -0.25) is 4.79 Å². The van der Waals surface area contributed by atoms with Crippen molar-refractivity contribution < 1.29 is 4.79 Å². The number of aryl methyl sites for hydroxylation is 1. The third-order valence-corrected chi connectivity index (χ3v) is 4.81. The first-order chi connectivity index (χ1) is 9.77. The predicted octanol–water partition coefficient (Wildman–Crippen LogP) is 4.79. The van der Waals surface area contributed by atoms with Gasteiger partial charge in [-0.15, -0.1) is 11.6 Å². The number of benzene rings is 1. The quantitative estimate of drug-likeness (QED) is 0.731. The molecule has 1 aromatic carbocycles. The summed E-state index contributed by atoms with van der Waals surface area (Å²) in [6.45, 7) is 9.07. The molecule has 2 nitrogen and oxygen atoms in total. The molecule has 1 aromatic rings. The Labute approximate surface area is 137 Å². The first-order valence-electron chi connectivity index (χ1n) is 7.48. The van der Waals surface area contributed by atoms with E-state index in [1.807, 2.05) is 24.8 Å². The summed E-state index contributed by atoms with van der Waals surface area (Å²) < 4.78 is 0. The minimum atomic E-state index is -0.0136. The molecule has 0 saturated heterocycles. The molecule has 0 aromatic heterocycles. The molecule has 0 unspecified atom stereocenters. The van der Waals surface area contributed by atoms with Gasteiger partial charge in [0.2, 0.25) is 5.91 Å². The second-order valence-corrected chi connectivity index (χ2v) is 7.46. The maximum atomic E-state index is 12.5. The minimum Gasteiger partial charge on any atom is -0.312 e. The van der Waals surface area contributed by atoms with Gasteiger partial charge in [0.1, 0.15) is 0 Å². The lowest BCUT2D eigenvalue weighted by Gasteiger charge is -2.40. The summed E-state index contributed by atoms with van der Waals surface area (Å²) in [5.41, 5.74) is 3.28. The molecule has 0 atom stereocenters. The number of halogens is 2. The fourth-order valence-corrected chi connectivity index (χ4v) is 3.31. The number of hydrogen-bond donors (Lipinski definition) is 0. The summed E-state index contributed by atoms with van der Waals surface area (Å²) in [4.78, 5) is 14.3. The van der Waals surface area contributed by atoms with Gasteiger partial charge in [0.25, 0.3) is 0 Å². The molecule has 1 aliphatic rings. The number of hydrogen-bond acceptors (Lipinski definition) is 1. The Morgan fingerprint density at radius 3 is 2.62 bits per heavy atom. The third kappa shape index (κ3) is 3.22. The minimum absolute atomic E-state index is 0.0136. The number of carbonyl (C=O) groups is 1. The molecule has 21 heavy (non-hydrogen) atoms. The predicted molar refractivity (Wildman–Crippen MR) is 90.7 cm³/mol. The van der Waals surface area contributed by atoms with E-state index in [9.17, 15) is 4.79 Å². The van der Waals surface area contributed by atoms with Crippen molar-refractivity contribution in [3.05, 3.63) is 28.3 Å². The van der Waals surface area contributed by atoms with E-state index in [-0.39, 0.29) is 17.2 Å². The largest absolute Gasteiger partial charge is 0.312 e. The highest BCUT2D eigenvalue weighted by molar-refractivity contribution is 6.32. The Hall–Kier alpha value is -0.730. The van der Waals surface area contributed by atoms with Crippen molar-refractivity contribution in [2.45, 2.75) is 46.0 Å². The Morgan fingerprint density at radius 2 is 2.05 bits per heavy atom. The first kappa shape index (κ1) is 16.6. The van der Waals surface area contributed by atoms with Crippen LogP contribution >= 0.6 is 23.2 Å². The van der Waals surface area contributed by atoms with Crippen LogP contribution in [0.3, 0.4) is 0 Å². The second-order valence-electron chi connectivity index (χ2n) is 6.68. The van der Waals surface area contributed by atoms with Crippen LogP contribution in [0.2, 0.25) is 5.02 Å². The van der Waals surface area contributed by atoms with E-state index in [4.69, 9.17) is 23.2 Å². The van der Waals surface area contributed by atoms with E-state index in [0.29, 0.717) is 10.9 Å². The van der Waals surface area contributed by atoms with Crippen molar-refractivity contribution >= 4 is 34.8 Å². The molecular weight excluding hydrogens is 305 g/mol. The molecule has 0 saturated carbocycles. The van der Waals surface area contributed by atoms with E-state index in [2.05, 4.69) is 19.9 Å². The summed E-state index contributed by atoms with van der Waals surface area (Å²) >= 11 is 12.2. The molecule has 0 radical (unpaired) electrons. The maximum Gasteiger partial charge on any atom is 0.229 e. The third-order valence-electron chi connectivity index (χ3n) is 4.27. The number of amides is 1. The lowest BCUT2D eigenvalue weighted by molar-refractivity contribution is -0.121. The van der Waals surface area contributed by atoms with Crippen LogP contribution in [0, 0.1) is 5.92 Å². The first-order valence-corrected chi connectivity index (χ1v) is 8.39. The normalized spacial score (nSPS) is 17.0. The molecule has 1 heterocycles. The van der Waals surface area contributed by atoms with E-state index < -0.39 is 0 Å². The zero-order valence-electron chi connectivity index (χ0n) is 13.2. The van der Waals surface area contributed by atoms with Gasteiger partial charge in [0, 0.05) is 29.1 Å². The SMILES string of the molecule is CC(C)C(=O)N1CCC(C)(C)c2cc(CCCl)c(Cl)cc21. The topological polar surface area (TPSA) is 20.3 Å². The highest BCUT2D eigenvalue weighted by Gasteiger charge is 2.35. The molecular formula is C17H23Cl2NO. The van der Waals surface area contributed by atoms with Crippen molar-refractivity contribution in [2.24, 2.45) is 5.92 Å². The smallest absolute Gasteiger partial charge is 0.229 e. The average Bonchev–Trinajstić information content (AvgIpc) is 2.40. The van der Waals surface area contributed by atoms with Crippen LogP contribution in [0.15, 0.2) is 12.1 Å². The molecule has 0 fully saturated rings. The molecule has 0 N–H and O–H groups in total. The average molecular weight is 328 g/mol. The maximum absolute atomic E-state index is 12.5. The molecule has 0 aliphatic carbocycles. The molecule has 4 heteroatoms. The van der Waals surface area contributed by atoms with Crippen LogP contribution in [0.1, 0.15) is 45.2 Å². The number of fused-ring (bicyclic) bond motifs is 1. The molecule has 0 bridgehead atoms. The van der Waals surface area contributed by atoms with E-state index in [1.54, 1.807) is 0 Å². The Morgan fingerprint density at radius 1 is 1.38 bits per heavy atom. The van der Waals surface area contributed by atoms with Crippen LogP contribution in [0.5, 0.6) is 0 Å². The van der Waals surface area contributed by atoms with Crippen molar-refractivity contribution in [1.82, 2.24) is 0 Å². The van der Waals surface area contributed by atoms with Gasteiger partial charge in [-0.05, 0) is 35.4 Å². The Bertz CT molecular complexity index is 552. The summed E-state index contributed by atoms with van der Waals surface area (Å²) in [5, 5.41) is 0.702. The van der Waals surface area contributed by atoms with Crippen LogP contribution in [0.25, 0.3) is 0 Å². The number of anilines is 1. The van der Waals surface area contributed by atoms with Crippen LogP contribution < -0.4 is 4.90 Å². The Kier molecular flexibility index (Phi) is 4.89. The summed E-state index contributed by atoms with van der Waals surface area (Å²) in [5.74, 6) is 0.696. The molecule has 116 valence electrons. The zero-order valence-corrected chi connectivity index (χ0v) is 14.7. The summed E-state index contributed by atoms with van der Waals surface area (Å²) in [6, 6.07) is 4.08. The number of carbonyl (C=O) groups excluding carboxylic acids is 1. The van der Waals surface area contributed by atoms with Crippen LogP contribution in [-0.2, 0) is 16.6 Å².